The first kappa shape index (κ1) is 15.5. The molecule has 1 saturated heterocycles. The maximum Gasteiger partial charge on any atom is 0.414 e. The van der Waals surface area contributed by atoms with Crippen LogP contribution in [0.4, 0.5) is 10.5 Å². The molecule has 1 aliphatic rings. The summed E-state index contributed by atoms with van der Waals surface area (Å²) in [5, 5.41) is 0. The zero-order chi connectivity index (χ0) is 15.2. The second kappa shape index (κ2) is 7.22. The van der Waals surface area contributed by atoms with E-state index in [1.165, 1.54) is 5.56 Å². The number of methoxy groups -OCH3 is 1. The molecule has 1 aliphatic heterocycles. The number of hydrogen-bond donors (Lipinski definition) is 0. The normalized spacial score (nSPS) is 17.9. The summed E-state index contributed by atoms with van der Waals surface area (Å²) < 4.78 is 10.2. The summed E-state index contributed by atoms with van der Waals surface area (Å²) in [5.74, 6) is 0.218. The molecule has 1 aromatic carbocycles. The van der Waals surface area contributed by atoms with Crippen molar-refractivity contribution in [3.05, 3.63) is 29.8 Å². The Morgan fingerprint density at radius 2 is 2.10 bits per heavy atom. The number of hydrogen-bond acceptors (Lipinski definition) is 4. The molecule has 21 heavy (non-hydrogen) atoms. The van der Waals surface area contributed by atoms with Crippen molar-refractivity contribution in [3.8, 4) is 0 Å². The second-order valence-electron chi connectivity index (χ2n) is 5.29. The van der Waals surface area contributed by atoms with Crippen molar-refractivity contribution in [2.45, 2.75) is 32.3 Å². The molecule has 5 nitrogen and oxygen atoms in total. The minimum absolute atomic E-state index is 0.210. The van der Waals surface area contributed by atoms with Crippen LogP contribution in [0.15, 0.2) is 24.3 Å². The van der Waals surface area contributed by atoms with Crippen LogP contribution in [-0.2, 0) is 20.7 Å². The summed E-state index contributed by atoms with van der Waals surface area (Å²) in [4.78, 5) is 24.3. The largest absolute Gasteiger partial charge is 0.441 e. The van der Waals surface area contributed by atoms with E-state index in [4.69, 9.17) is 9.47 Å². The highest BCUT2D eigenvalue weighted by atomic mass is 16.6. The van der Waals surface area contributed by atoms with E-state index in [0.717, 1.165) is 18.5 Å². The third-order valence-corrected chi connectivity index (χ3v) is 3.47. The van der Waals surface area contributed by atoms with Crippen LogP contribution in [-0.4, -0.2) is 38.2 Å². The molecule has 1 atom stereocenters. The number of anilines is 1. The Balaban J connectivity index is 1.92. The highest BCUT2D eigenvalue weighted by Crippen LogP contribution is 2.22. The minimum atomic E-state index is -0.332. The standard InChI is InChI=1S/C16H21NO4/c1-12(18)4-3-5-13-6-8-14(9-7-13)17-10-15(11-20-2)21-16(17)19/h6-9,15H,3-5,10-11H2,1-2H3. The summed E-state index contributed by atoms with van der Waals surface area (Å²) in [6.45, 7) is 2.53. The molecule has 0 aromatic heterocycles. The molecule has 0 spiro atoms. The van der Waals surface area contributed by atoms with Gasteiger partial charge in [0, 0.05) is 19.2 Å². The van der Waals surface area contributed by atoms with Crippen LogP contribution in [0.3, 0.4) is 0 Å². The number of rotatable bonds is 7. The fourth-order valence-electron chi connectivity index (χ4n) is 2.39. The number of benzene rings is 1. The predicted octanol–water partition coefficient (Wildman–Crippen LogP) is 2.57. The van der Waals surface area contributed by atoms with E-state index in [0.29, 0.717) is 19.6 Å². The van der Waals surface area contributed by atoms with Gasteiger partial charge in [0.15, 0.2) is 0 Å². The third kappa shape index (κ3) is 4.29. The SMILES string of the molecule is COCC1CN(c2ccc(CCCC(C)=O)cc2)C(=O)O1. The molecular formula is C16H21NO4. The lowest BCUT2D eigenvalue weighted by atomic mass is 10.1. The Morgan fingerprint density at radius 1 is 1.38 bits per heavy atom. The first-order chi connectivity index (χ1) is 10.1. The van der Waals surface area contributed by atoms with Gasteiger partial charge in [0.05, 0.1) is 13.2 Å². The number of aryl methyl sites for hydroxylation is 1. The first-order valence-corrected chi connectivity index (χ1v) is 7.15. The van der Waals surface area contributed by atoms with E-state index in [1.54, 1.807) is 18.9 Å². The van der Waals surface area contributed by atoms with Crippen molar-refractivity contribution >= 4 is 17.6 Å². The van der Waals surface area contributed by atoms with E-state index in [1.807, 2.05) is 24.3 Å². The van der Waals surface area contributed by atoms with Crippen molar-refractivity contribution < 1.29 is 19.1 Å². The van der Waals surface area contributed by atoms with E-state index < -0.39 is 0 Å². The number of nitrogens with zero attached hydrogens (tertiary/aromatic N) is 1. The van der Waals surface area contributed by atoms with E-state index in [-0.39, 0.29) is 18.0 Å². The molecule has 1 fully saturated rings. The Hall–Kier alpha value is -1.88. The number of ether oxygens (including phenoxy) is 2. The average molecular weight is 291 g/mol. The lowest BCUT2D eigenvalue weighted by molar-refractivity contribution is -0.117. The molecule has 1 unspecified atom stereocenters. The number of carbonyl (C=O) groups is 2. The molecule has 0 saturated carbocycles. The molecule has 2 rings (SSSR count). The molecule has 0 aliphatic carbocycles. The van der Waals surface area contributed by atoms with Crippen molar-refractivity contribution in [2.24, 2.45) is 0 Å². The number of carbonyl (C=O) groups excluding carboxylic acids is 2. The number of ketones is 1. The second-order valence-corrected chi connectivity index (χ2v) is 5.29. The van der Waals surface area contributed by atoms with Gasteiger partial charge in [-0.25, -0.2) is 4.79 Å². The molecule has 1 amide bonds. The van der Waals surface area contributed by atoms with Gasteiger partial charge in [-0.1, -0.05) is 12.1 Å². The monoisotopic (exact) mass is 291 g/mol. The Kier molecular flexibility index (Phi) is 5.33. The van der Waals surface area contributed by atoms with Crippen LogP contribution in [0, 0.1) is 0 Å². The predicted molar refractivity (Wildman–Crippen MR) is 79.6 cm³/mol. The van der Waals surface area contributed by atoms with Crippen LogP contribution in [0.2, 0.25) is 0 Å². The van der Waals surface area contributed by atoms with E-state index in [9.17, 15) is 9.59 Å². The van der Waals surface area contributed by atoms with Crippen LogP contribution in [0.5, 0.6) is 0 Å². The highest BCUT2D eigenvalue weighted by molar-refractivity contribution is 5.89. The zero-order valence-electron chi connectivity index (χ0n) is 12.5. The van der Waals surface area contributed by atoms with Gasteiger partial charge >= 0.3 is 6.09 Å². The van der Waals surface area contributed by atoms with Crippen LogP contribution in [0.25, 0.3) is 0 Å². The number of amides is 1. The van der Waals surface area contributed by atoms with Gasteiger partial charge < -0.3 is 14.3 Å². The zero-order valence-corrected chi connectivity index (χ0v) is 12.5. The van der Waals surface area contributed by atoms with Crippen LogP contribution in [0.1, 0.15) is 25.3 Å². The minimum Gasteiger partial charge on any atom is -0.441 e. The quantitative estimate of drug-likeness (QED) is 0.774. The smallest absolute Gasteiger partial charge is 0.414 e. The van der Waals surface area contributed by atoms with Gasteiger partial charge in [0.2, 0.25) is 0 Å². The summed E-state index contributed by atoms with van der Waals surface area (Å²) >= 11 is 0. The van der Waals surface area contributed by atoms with Gasteiger partial charge in [0.25, 0.3) is 0 Å². The molecule has 0 radical (unpaired) electrons. The van der Waals surface area contributed by atoms with Gasteiger partial charge in [-0.15, -0.1) is 0 Å². The van der Waals surface area contributed by atoms with Crippen LogP contribution >= 0.6 is 0 Å². The molecular weight excluding hydrogens is 270 g/mol. The molecule has 114 valence electrons. The number of Topliss-reactive ketones (excluding diaryl/α,β-unsaturated/α-hetero) is 1. The molecule has 1 heterocycles. The van der Waals surface area contributed by atoms with Gasteiger partial charge in [0.1, 0.15) is 11.9 Å². The first-order valence-electron chi connectivity index (χ1n) is 7.15. The summed E-state index contributed by atoms with van der Waals surface area (Å²) in [6, 6.07) is 7.82. The summed E-state index contributed by atoms with van der Waals surface area (Å²) in [7, 11) is 1.59. The maximum atomic E-state index is 11.8. The molecule has 5 heteroatoms. The fraction of sp³-hybridized carbons (Fsp3) is 0.500. The van der Waals surface area contributed by atoms with Crippen molar-refractivity contribution in [3.63, 3.8) is 0 Å². The van der Waals surface area contributed by atoms with Crippen molar-refractivity contribution in [2.75, 3.05) is 25.2 Å². The van der Waals surface area contributed by atoms with E-state index in [2.05, 4.69) is 0 Å². The van der Waals surface area contributed by atoms with Crippen molar-refractivity contribution in [1.29, 1.82) is 0 Å². The Bertz CT molecular complexity index is 498. The van der Waals surface area contributed by atoms with Gasteiger partial charge in [-0.2, -0.15) is 0 Å². The molecule has 1 aromatic rings. The Labute approximate surface area is 124 Å². The number of cyclic esters (lactones) is 1. The Morgan fingerprint density at radius 3 is 2.71 bits per heavy atom. The highest BCUT2D eigenvalue weighted by Gasteiger charge is 2.32. The van der Waals surface area contributed by atoms with Gasteiger partial charge in [-0.05, 0) is 37.5 Å². The lowest BCUT2D eigenvalue weighted by Gasteiger charge is -2.13. The van der Waals surface area contributed by atoms with Gasteiger partial charge in [-0.3, -0.25) is 4.90 Å². The van der Waals surface area contributed by atoms with Crippen LogP contribution < -0.4 is 4.90 Å². The molecule has 0 N–H and O–H groups in total. The summed E-state index contributed by atoms with van der Waals surface area (Å²) in [5.41, 5.74) is 2.00. The maximum absolute atomic E-state index is 11.8. The third-order valence-electron chi connectivity index (χ3n) is 3.47. The summed E-state index contributed by atoms with van der Waals surface area (Å²) in [6.07, 6.45) is 1.80. The molecule has 0 bridgehead atoms. The lowest BCUT2D eigenvalue weighted by Crippen LogP contribution is -2.25. The topological polar surface area (TPSA) is 55.8 Å². The average Bonchev–Trinajstić information content (AvgIpc) is 2.80. The van der Waals surface area contributed by atoms with E-state index >= 15 is 0 Å². The van der Waals surface area contributed by atoms with Crippen molar-refractivity contribution in [1.82, 2.24) is 0 Å². The fourth-order valence-corrected chi connectivity index (χ4v) is 2.39.